The lowest BCUT2D eigenvalue weighted by molar-refractivity contribution is 0.0955. The van der Waals surface area contributed by atoms with Crippen LogP contribution in [0.4, 0.5) is 0 Å². The SMILES string of the molecule is COc1cccc(C(=O)N/N=C\c2ccc(OCc3ccccc3C#N)c(OC)c2)c1. The maximum Gasteiger partial charge on any atom is 0.271 e. The van der Waals surface area contributed by atoms with Crippen molar-refractivity contribution in [2.24, 2.45) is 5.10 Å². The van der Waals surface area contributed by atoms with Gasteiger partial charge in [-0.3, -0.25) is 4.79 Å². The summed E-state index contributed by atoms with van der Waals surface area (Å²) in [5.74, 6) is 1.29. The van der Waals surface area contributed by atoms with Gasteiger partial charge >= 0.3 is 0 Å². The maximum atomic E-state index is 12.2. The average molecular weight is 415 g/mol. The Morgan fingerprint density at radius 1 is 1.03 bits per heavy atom. The van der Waals surface area contributed by atoms with Gasteiger partial charge in [0.25, 0.3) is 5.91 Å². The first kappa shape index (κ1) is 21.4. The van der Waals surface area contributed by atoms with Gasteiger partial charge in [0.15, 0.2) is 11.5 Å². The highest BCUT2D eigenvalue weighted by molar-refractivity contribution is 5.95. The highest BCUT2D eigenvalue weighted by Crippen LogP contribution is 2.28. The number of nitriles is 1. The molecule has 3 rings (SSSR count). The summed E-state index contributed by atoms with van der Waals surface area (Å²) < 4.78 is 16.3. The van der Waals surface area contributed by atoms with Crippen LogP contribution in [-0.2, 0) is 6.61 Å². The molecule has 7 nitrogen and oxygen atoms in total. The standard InChI is InChI=1S/C24H21N3O4/c1-29-21-9-5-8-18(13-21)24(28)27-26-15-17-10-11-22(23(12-17)30-2)31-16-20-7-4-3-6-19(20)14-25/h3-13,15H,16H2,1-2H3,(H,27,28)/b26-15-. The Bertz CT molecular complexity index is 1140. The van der Waals surface area contributed by atoms with E-state index in [1.54, 1.807) is 48.5 Å². The number of hydrazone groups is 1. The van der Waals surface area contributed by atoms with Crippen molar-refractivity contribution in [3.63, 3.8) is 0 Å². The number of carbonyl (C=O) groups is 1. The molecule has 0 unspecified atom stereocenters. The smallest absolute Gasteiger partial charge is 0.271 e. The third-order valence-electron chi connectivity index (χ3n) is 4.42. The molecule has 0 saturated carbocycles. The average Bonchev–Trinajstić information content (AvgIpc) is 2.83. The molecular weight excluding hydrogens is 394 g/mol. The van der Waals surface area contributed by atoms with Crippen LogP contribution >= 0.6 is 0 Å². The maximum absolute atomic E-state index is 12.2. The summed E-state index contributed by atoms with van der Waals surface area (Å²) in [5.41, 5.74) is 4.99. The molecule has 0 fully saturated rings. The molecule has 1 N–H and O–H groups in total. The van der Waals surface area contributed by atoms with E-state index in [1.165, 1.54) is 20.4 Å². The monoisotopic (exact) mass is 415 g/mol. The lowest BCUT2D eigenvalue weighted by Crippen LogP contribution is -2.17. The lowest BCUT2D eigenvalue weighted by atomic mass is 10.1. The molecule has 0 heterocycles. The summed E-state index contributed by atoms with van der Waals surface area (Å²) in [6, 6.07) is 21.5. The van der Waals surface area contributed by atoms with Crippen LogP contribution in [0.2, 0.25) is 0 Å². The number of carbonyl (C=O) groups excluding carboxylic acids is 1. The highest BCUT2D eigenvalue weighted by Gasteiger charge is 2.08. The molecule has 0 saturated heterocycles. The van der Waals surface area contributed by atoms with E-state index >= 15 is 0 Å². The van der Waals surface area contributed by atoms with Crippen LogP contribution in [-0.4, -0.2) is 26.3 Å². The quantitative estimate of drug-likeness (QED) is 0.445. The third kappa shape index (κ3) is 5.61. The number of benzene rings is 3. The van der Waals surface area contributed by atoms with Crippen molar-refractivity contribution in [2.75, 3.05) is 14.2 Å². The zero-order valence-corrected chi connectivity index (χ0v) is 17.2. The van der Waals surface area contributed by atoms with E-state index in [0.29, 0.717) is 33.9 Å². The minimum Gasteiger partial charge on any atom is -0.497 e. The number of hydrogen-bond donors (Lipinski definition) is 1. The Morgan fingerprint density at radius 3 is 2.65 bits per heavy atom. The van der Waals surface area contributed by atoms with E-state index < -0.39 is 0 Å². The first-order chi connectivity index (χ1) is 15.1. The molecule has 0 aromatic heterocycles. The third-order valence-corrected chi connectivity index (χ3v) is 4.42. The van der Waals surface area contributed by atoms with E-state index in [1.807, 2.05) is 18.2 Å². The molecule has 3 aromatic carbocycles. The molecule has 156 valence electrons. The number of hydrogen-bond acceptors (Lipinski definition) is 6. The second kappa shape index (κ2) is 10.5. The van der Waals surface area contributed by atoms with Crippen molar-refractivity contribution in [2.45, 2.75) is 6.61 Å². The summed E-state index contributed by atoms with van der Waals surface area (Å²) >= 11 is 0. The minimum absolute atomic E-state index is 0.240. The molecule has 0 aliphatic carbocycles. The molecule has 7 heteroatoms. The van der Waals surface area contributed by atoms with Gasteiger partial charge in [-0.25, -0.2) is 5.43 Å². The molecule has 3 aromatic rings. The number of methoxy groups -OCH3 is 2. The summed E-state index contributed by atoms with van der Waals surface area (Å²) in [5, 5.41) is 13.2. The van der Waals surface area contributed by atoms with Gasteiger partial charge in [-0.2, -0.15) is 10.4 Å². The summed E-state index contributed by atoms with van der Waals surface area (Å²) in [7, 11) is 3.08. The molecule has 0 radical (unpaired) electrons. The summed E-state index contributed by atoms with van der Waals surface area (Å²) in [6.45, 7) is 0.240. The largest absolute Gasteiger partial charge is 0.497 e. The number of amides is 1. The van der Waals surface area contributed by atoms with Crippen molar-refractivity contribution in [1.82, 2.24) is 5.43 Å². The predicted octanol–water partition coefficient (Wildman–Crippen LogP) is 3.92. The molecule has 0 bridgehead atoms. The molecule has 31 heavy (non-hydrogen) atoms. The van der Waals surface area contributed by atoms with Crippen molar-refractivity contribution in [3.05, 3.63) is 89.0 Å². The number of nitrogens with one attached hydrogen (secondary N) is 1. The van der Waals surface area contributed by atoms with Gasteiger partial charge < -0.3 is 14.2 Å². The molecular formula is C24H21N3O4. The summed E-state index contributed by atoms with van der Waals surface area (Å²) in [4.78, 5) is 12.2. The lowest BCUT2D eigenvalue weighted by Gasteiger charge is -2.12. The molecule has 0 spiro atoms. The fourth-order valence-electron chi connectivity index (χ4n) is 2.79. The van der Waals surface area contributed by atoms with Crippen molar-refractivity contribution < 1.29 is 19.0 Å². The Kier molecular flexibility index (Phi) is 7.22. The second-order valence-electron chi connectivity index (χ2n) is 6.40. The van der Waals surface area contributed by atoms with E-state index in [9.17, 15) is 10.1 Å². The van der Waals surface area contributed by atoms with Crippen LogP contribution in [0, 0.1) is 11.3 Å². The van der Waals surface area contributed by atoms with Gasteiger partial charge in [0.05, 0.1) is 32.1 Å². The molecule has 0 atom stereocenters. The number of rotatable bonds is 8. The summed E-state index contributed by atoms with van der Waals surface area (Å²) in [6.07, 6.45) is 1.51. The fraction of sp³-hybridized carbons (Fsp3) is 0.125. The Labute approximate surface area is 180 Å². The van der Waals surface area contributed by atoms with Crippen LogP contribution in [0.3, 0.4) is 0 Å². The normalized spacial score (nSPS) is 10.4. The molecule has 1 amide bonds. The first-order valence-corrected chi connectivity index (χ1v) is 9.41. The molecule has 0 aliphatic heterocycles. The Morgan fingerprint density at radius 2 is 1.87 bits per heavy atom. The van der Waals surface area contributed by atoms with Crippen LogP contribution in [0.15, 0.2) is 71.8 Å². The van der Waals surface area contributed by atoms with Crippen LogP contribution in [0.5, 0.6) is 17.2 Å². The second-order valence-corrected chi connectivity index (χ2v) is 6.40. The first-order valence-electron chi connectivity index (χ1n) is 9.41. The van der Waals surface area contributed by atoms with Gasteiger partial charge in [-0.1, -0.05) is 24.3 Å². The topological polar surface area (TPSA) is 92.9 Å². The van der Waals surface area contributed by atoms with Crippen molar-refractivity contribution in [3.8, 4) is 23.3 Å². The van der Waals surface area contributed by atoms with Crippen LogP contribution in [0.25, 0.3) is 0 Å². The fourth-order valence-corrected chi connectivity index (χ4v) is 2.79. The van der Waals surface area contributed by atoms with E-state index in [4.69, 9.17) is 14.2 Å². The zero-order valence-electron chi connectivity index (χ0n) is 17.2. The van der Waals surface area contributed by atoms with Gasteiger partial charge in [0.2, 0.25) is 0 Å². The predicted molar refractivity (Wildman–Crippen MR) is 117 cm³/mol. The van der Waals surface area contributed by atoms with E-state index in [2.05, 4.69) is 16.6 Å². The van der Waals surface area contributed by atoms with Gasteiger partial charge in [-0.15, -0.1) is 0 Å². The van der Waals surface area contributed by atoms with E-state index in [-0.39, 0.29) is 12.5 Å². The van der Waals surface area contributed by atoms with E-state index in [0.717, 1.165) is 5.56 Å². The van der Waals surface area contributed by atoms with Gasteiger partial charge in [0.1, 0.15) is 12.4 Å². The van der Waals surface area contributed by atoms with Gasteiger partial charge in [-0.05, 0) is 48.0 Å². The molecule has 0 aliphatic rings. The van der Waals surface area contributed by atoms with Crippen LogP contribution < -0.4 is 19.6 Å². The minimum atomic E-state index is -0.349. The van der Waals surface area contributed by atoms with Gasteiger partial charge in [0, 0.05) is 11.1 Å². The Balaban J connectivity index is 1.65. The highest BCUT2D eigenvalue weighted by atomic mass is 16.5. The zero-order chi connectivity index (χ0) is 22.1. The number of nitrogens with zero attached hydrogens (tertiary/aromatic N) is 2. The van der Waals surface area contributed by atoms with Crippen molar-refractivity contribution >= 4 is 12.1 Å². The number of ether oxygens (including phenoxy) is 3. The van der Waals surface area contributed by atoms with Crippen molar-refractivity contribution in [1.29, 1.82) is 5.26 Å². The Hall–Kier alpha value is -4.31. The van der Waals surface area contributed by atoms with Crippen LogP contribution in [0.1, 0.15) is 27.0 Å².